The number of rotatable bonds is 4. The van der Waals surface area contributed by atoms with E-state index < -0.39 is 0 Å². The van der Waals surface area contributed by atoms with Crippen molar-refractivity contribution in [1.82, 2.24) is 9.88 Å². The monoisotopic (exact) mass is 328 g/mol. The van der Waals surface area contributed by atoms with E-state index in [1.165, 1.54) is 4.90 Å². The van der Waals surface area contributed by atoms with E-state index in [1.54, 1.807) is 17.0 Å². The molecule has 0 bridgehead atoms. The van der Waals surface area contributed by atoms with Crippen LogP contribution in [0.1, 0.15) is 22.5 Å². The van der Waals surface area contributed by atoms with Gasteiger partial charge in [-0.05, 0) is 43.5 Å². The molecule has 1 aliphatic heterocycles. The average Bonchev–Trinajstić information content (AvgIpc) is 3.02. The van der Waals surface area contributed by atoms with E-state index >= 15 is 0 Å². The molecule has 1 aliphatic rings. The fourth-order valence-electron chi connectivity index (χ4n) is 2.79. The molecule has 3 rings (SSSR count). The molecule has 1 N–H and O–H groups in total. The normalized spacial score (nSPS) is 17.4. The van der Waals surface area contributed by atoms with Gasteiger partial charge in [0.1, 0.15) is 5.56 Å². The van der Waals surface area contributed by atoms with Crippen molar-refractivity contribution in [2.45, 2.75) is 18.2 Å². The van der Waals surface area contributed by atoms with Crippen molar-refractivity contribution in [3.63, 3.8) is 0 Å². The highest BCUT2D eigenvalue weighted by molar-refractivity contribution is 7.99. The van der Waals surface area contributed by atoms with Gasteiger partial charge >= 0.3 is 0 Å². The van der Waals surface area contributed by atoms with Crippen molar-refractivity contribution in [1.29, 1.82) is 0 Å². The summed E-state index contributed by atoms with van der Waals surface area (Å²) in [4.78, 5) is 30.2. The summed E-state index contributed by atoms with van der Waals surface area (Å²) in [6, 6.07) is 13.7. The number of aryl methyl sites for hydroxylation is 1. The van der Waals surface area contributed by atoms with Gasteiger partial charge in [0, 0.05) is 29.4 Å². The summed E-state index contributed by atoms with van der Waals surface area (Å²) in [5, 5.41) is 0. The molecule has 0 saturated carbocycles. The van der Waals surface area contributed by atoms with Crippen LogP contribution in [0.25, 0.3) is 0 Å². The van der Waals surface area contributed by atoms with Gasteiger partial charge in [-0.3, -0.25) is 9.59 Å². The van der Waals surface area contributed by atoms with Crippen LogP contribution in [0.4, 0.5) is 0 Å². The highest BCUT2D eigenvalue weighted by atomic mass is 32.2. The van der Waals surface area contributed by atoms with E-state index in [0.717, 1.165) is 31.0 Å². The van der Waals surface area contributed by atoms with Crippen LogP contribution in [-0.2, 0) is 0 Å². The van der Waals surface area contributed by atoms with E-state index in [-0.39, 0.29) is 17.0 Å². The maximum Gasteiger partial charge on any atom is 0.260 e. The first-order chi connectivity index (χ1) is 11.1. The molecule has 1 fully saturated rings. The number of carbonyl (C=O) groups is 1. The van der Waals surface area contributed by atoms with Crippen molar-refractivity contribution in [3.05, 3.63) is 64.1 Å². The number of carbonyl (C=O) groups excluding carboxylic acids is 1. The summed E-state index contributed by atoms with van der Waals surface area (Å²) in [5.41, 5.74) is 0.717. The third kappa shape index (κ3) is 3.85. The smallest absolute Gasteiger partial charge is 0.260 e. The number of nitrogens with one attached hydrogen (secondary N) is 1. The highest BCUT2D eigenvalue weighted by Crippen LogP contribution is 2.26. The second-order valence-corrected chi connectivity index (χ2v) is 7.01. The Labute approximate surface area is 139 Å². The molecule has 5 heteroatoms. The first-order valence-electron chi connectivity index (χ1n) is 7.80. The van der Waals surface area contributed by atoms with Gasteiger partial charge in [0.15, 0.2) is 0 Å². The molecule has 0 radical (unpaired) electrons. The largest absolute Gasteiger partial charge is 0.338 e. The molecule has 0 aliphatic carbocycles. The van der Waals surface area contributed by atoms with Crippen molar-refractivity contribution in [2.24, 2.45) is 5.92 Å². The van der Waals surface area contributed by atoms with E-state index in [1.807, 2.05) is 36.9 Å². The standard InChI is InChI=1S/C18H20N2O2S/c1-13-7-8-16(17(21)19-13)18(22)20-10-9-14(11-20)12-23-15-5-3-2-4-6-15/h2-8,14H,9-12H2,1H3,(H,19,21)/t14-/m1/s1. The molecule has 120 valence electrons. The molecule has 1 aromatic heterocycles. The zero-order valence-corrected chi connectivity index (χ0v) is 13.9. The molecular formula is C18H20N2O2S. The Bertz CT molecular complexity index is 742. The lowest BCUT2D eigenvalue weighted by molar-refractivity contribution is 0.0786. The number of aromatic amines is 1. The first-order valence-corrected chi connectivity index (χ1v) is 8.79. The summed E-state index contributed by atoms with van der Waals surface area (Å²) < 4.78 is 0. The summed E-state index contributed by atoms with van der Waals surface area (Å²) in [6.07, 6.45) is 0.995. The van der Waals surface area contributed by atoms with Crippen molar-refractivity contribution < 1.29 is 4.79 Å². The van der Waals surface area contributed by atoms with Crippen LogP contribution in [0.3, 0.4) is 0 Å². The van der Waals surface area contributed by atoms with E-state index in [0.29, 0.717) is 5.92 Å². The van der Waals surface area contributed by atoms with Crippen molar-refractivity contribution in [2.75, 3.05) is 18.8 Å². The highest BCUT2D eigenvalue weighted by Gasteiger charge is 2.28. The number of hydrogen-bond acceptors (Lipinski definition) is 3. The fourth-order valence-corrected chi connectivity index (χ4v) is 3.84. The molecule has 1 aromatic carbocycles. The summed E-state index contributed by atoms with van der Waals surface area (Å²) in [7, 11) is 0. The van der Waals surface area contributed by atoms with Crippen LogP contribution in [0.5, 0.6) is 0 Å². The molecular weight excluding hydrogens is 308 g/mol. The van der Waals surface area contributed by atoms with Gasteiger partial charge in [-0.2, -0.15) is 0 Å². The Hall–Kier alpha value is -2.01. The number of thioether (sulfide) groups is 1. The number of pyridine rings is 1. The van der Waals surface area contributed by atoms with Crippen LogP contribution < -0.4 is 5.56 Å². The average molecular weight is 328 g/mol. The second-order valence-electron chi connectivity index (χ2n) is 5.91. The fraction of sp³-hybridized carbons (Fsp3) is 0.333. The van der Waals surface area contributed by atoms with Gasteiger partial charge in [0.2, 0.25) is 0 Å². The summed E-state index contributed by atoms with van der Waals surface area (Å²) in [6.45, 7) is 3.26. The third-order valence-electron chi connectivity index (χ3n) is 4.09. The molecule has 1 amide bonds. The van der Waals surface area contributed by atoms with Crippen LogP contribution in [-0.4, -0.2) is 34.6 Å². The summed E-state index contributed by atoms with van der Waals surface area (Å²) in [5.74, 6) is 1.32. The minimum atomic E-state index is -0.294. The van der Waals surface area contributed by atoms with Gasteiger partial charge in [0.05, 0.1) is 0 Å². The van der Waals surface area contributed by atoms with E-state index in [2.05, 4.69) is 17.1 Å². The molecule has 4 nitrogen and oxygen atoms in total. The number of hydrogen-bond donors (Lipinski definition) is 1. The van der Waals surface area contributed by atoms with Gasteiger partial charge in [-0.25, -0.2) is 0 Å². The minimum Gasteiger partial charge on any atom is -0.338 e. The SMILES string of the molecule is Cc1ccc(C(=O)N2CC[C@@H](CSc3ccccc3)C2)c(=O)[nH]1. The Morgan fingerprint density at radius 3 is 2.78 bits per heavy atom. The van der Waals surface area contributed by atoms with E-state index in [4.69, 9.17) is 0 Å². The maximum atomic E-state index is 12.5. The quantitative estimate of drug-likeness (QED) is 0.878. The van der Waals surface area contributed by atoms with Crippen LogP contribution in [0, 0.1) is 12.8 Å². The number of benzene rings is 1. The van der Waals surface area contributed by atoms with Gasteiger partial charge in [-0.15, -0.1) is 11.8 Å². The number of amides is 1. The predicted molar refractivity (Wildman–Crippen MR) is 93.0 cm³/mol. The van der Waals surface area contributed by atoms with Crippen molar-refractivity contribution in [3.8, 4) is 0 Å². The lowest BCUT2D eigenvalue weighted by Crippen LogP contribution is -2.33. The molecule has 1 saturated heterocycles. The van der Waals surface area contributed by atoms with Gasteiger partial charge in [0.25, 0.3) is 11.5 Å². The van der Waals surface area contributed by atoms with Crippen molar-refractivity contribution >= 4 is 17.7 Å². The molecule has 2 heterocycles. The summed E-state index contributed by atoms with van der Waals surface area (Å²) >= 11 is 1.83. The molecule has 1 atom stereocenters. The van der Waals surface area contributed by atoms with Crippen LogP contribution >= 0.6 is 11.8 Å². The Morgan fingerprint density at radius 2 is 2.04 bits per heavy atom. The Balaban J connectivity index is 1.59. The van der Waals surface area contributed by atoms with E-state index in [9.17, 15) is 9.59 Å². The lowest BCUT2D eigenvalue weighted by atomic mass is 10.2. The predicted octanol–water partition coefficient (Wildman–Crippen LogP) is 2.94. The molecule has 2 aromatic rings. The molecule has 0 spiro atoms. The van der Waals surface area contributed by atoms with Crippen LogP contribution in [0.2, 0.25) is 0 Å². The maximum absolute atomic E-state index is 12.5. The van der Waals surface area contributed by atoms with Gasteiger partial charge in [-0.1, -0.05) is 18.2 Å². The Morgan fingerprint density at radius 1 is 1.26 bits per heavy atom. The van der Waals surface area contributed by atoms with Gasteiger partial charge < -0.3 is 9.88 Å². The first kappa shape index (κ1) is 15.9. The second kappa shape index (κ2) is 7.04. The molecule has 0 unspecified atom stereocenters. The number of aromatic nitrogens is 1. The zero-order chi connectivity index (χ0) is 16.2. The lowest BCUT2D eigenvalue weighted by Gasteiger charge is -2.16. The number of likely N-dealkylation sites (tertiary alicyclic amines) is 1. The number of H-pyrrole nitrogens is 1. The minimum absolute atomic E-state index is 0.154. The van der Waals surface area contributed by atoms with Crippen LogP contribution in [0.15, 0.2) is 52.2 Å². The molecule has 23 heavy (non-hydrogen) atoms. The topological polar surface area (TPSA) is 53.2 Å². The number of nitrogens with zero attached hydrogens (tertiary/aromatic N) is 1. The zero-order valence-electron chi connectivity index (χ0n) is 13.1. The Kier molecular flexibility index (Phi) is 4.86. The third-order valence-corrected chi connectivity index (χ3v) is 5.33.